The number of hydrogen-bond donors (Lipinski definition) is 2. The number of rotatable bonds is 4. The molecule has 0 unspecified atom stereocenters. The maximum Gasteiger partial charge on any atom is 0.317 e. The summed E-state index contributed by atoms with van der Waals surface area (Å²) in [6.07, 6.45) is 7.27. The highest BCUT2D eigenvalue weighted by Gasteiger charge is 2.27. The number of carbonyl (C=O) groups is 1. The predicted molar refractivity (Wildman–Crippen MR) is 93.0 cm³/mol. The lowest BCUT2D eigenvalue weighted by molar-refractivity contribution is 0.199. The summed E-state index contributed by atoms with van der Waals surface area (Å²) in [4.78, 5) is 20.5. The van der Waals surface area contributed by atoms with Crippen LogP contribution in [0, 0.1) is 0 Å². The second kappa shape index (κ2) is 7.06. The van der Waals surface area contributed by atoms with Gasteiger partial charge in [0.1, 0.15) is 5.82 Å². The fourth-order valence-electron chi connectivity index (χ4n) is 2.91. The van der Waals surface area contributed by atoms with Crippen molar-refractivity contribution in [3.63, 3.8) is 0 Å². The first-order valence-corrected chi connectivity index (χ1v) is 8.57. The first kappa shape index (κ1) is 15.9. The Morgan fingerprint density at radius 1 is 1.17 bits per heavy atom. The second-order valence-electron chi connectivity index (χ2n) is 6.78. The Bertz CT molecular complexity index is 526. The van der Waals surface area contributed by atoms with Gasteiger partial charge in [-0.05, 0) is 44.2 Å². The van der Waals surface area contributed by atoms with Crippen molar-refractivity contribution >= 4 is 17.5 Å². The van der Waals surface area contributed by atoms with E-state index in [2.05, 4.69) is 21.7 Å². The molecule has 1 aromatic rings. The highest BCUT2D eigenvalue weighted by atomic mass is 16.2. The Labute approximate surface area is 138 Å². The van der Waals surface area contributed by atoms with E-state index >= 15 is 0 Å². The lowest BCUT2D eigenvalue weighted by Crippen LogP contribution is -2.41. The summed E-state index contributed by atoms with van der Waals surface area (Å²) in [7, 11) is 3.98. The topological polar surface area (TPSA) is 60.5 Å². The van der Waals surface area contributed by atoms with Gasteiger partial charge in [-0.1, -0.05) is 0 Å². The standard InChI is InChI=1S/C17H27N5O/c1-21(2)16-8-7-15(12-18-16)19-13-4-3-10-22(11-9-13)17(23)20-14-5-6-14/h7-8,12-14,19H,3-6,9-11H2,1-2H3,(H,20,23)/t13-/m1/s1. The first-order valence-electron chi connectivity index (χ1n) is 8.57. The van der Waals surface area contributed by atoms with E-state index in [0.717, 1.165) is 56.7 Å². The number of likely N-dealkylation sites (tertiary alicyclic amines) is 1. The highest BCUT2D eigenvalue weighted by Crippen LogP contribution is 2.21. The molecule has 2 fully saturated rings. The molecule has 0 aromatic carbocycles. The number of anilines is 2. The van der Waals surface area contributed by atoms with Crippen LogP contribution in [0.5, 0.6) is 0 Å². The Kier molecular flexibility index (Phi) is 4.88. The van der Waals surface area contributed by atoms with Crippen LogP contribution in [0.25, 0.3) is 0 Å². The molecule has 2 amide bonds. The van der Waals surface area contributed by atoms with E-state index < -0.39 is 0 Å². The van der Waals surface area contributed by atoms with Crippen molar-refractivity contribution in [3.05, 3.63) is 18.3 Å². The van der Waals surface area contributed by atoms with Crippen LogP contribution in [0.15, 0.2) is 18.3 Å². The van der Waals surface area contributed by atoms with Gasteiger partial charge in [0.05, 0.1) is 11.9 Å². The molecule has 1 aromatic heterocycles. The summed E-state index contributed by atoms with van der Waals surface area (Å²) < 4.78 is 0. The molecule has 0 bridgehead atoms. The van der Waals surface area contributed by atoms with Crippen LogP contribution >= 0.6 is 0 Å². The van der Waals surface area contributed by atoms with Crippen LogP contribution in [0.3, 0.4) is 0 Å². The average Bonchev–Trinajstić information content (AvgIpc) is 3.35. The van der Waals surface area contributed by atoms with Gasteiger partial charge >= 0.3 is 6.03 Å². The summed E-state index contributed by atoms with van der Waals surface area (Å²) in [6.45, 7) is 1.67. The zero-order valence-corrected chi connectivity index (χ0v) is 14.1. The molecule has 1 aliphatic heterocycles. The van der Waals surface area contributed by atoms with Gasteiger partial charge in [0.25, 0.3) is 0 Å². The molecule has 1 saturated carbocycles. The van der Waals surface area contributed by atoms with Gasteiger partial charge in [-0.2, -0.15) is 0 Å². The van der Waals surface area contributed by atoms with Gasteiger partial charge in [-0.25, -0.2) is 9.78 Å². The SMILES string of the molecule is CN(C)c1ccc(N[C@@H]2CCCN(C(=O)NC3CC3)CC2)cn1. The lowest BCUT2D eigenvalue weighted by Gasteiger charge is -2.21. The molecule has 1 saturated heterocycles. The number of nitrogens with one attached hydrogen (secondary N) is 2. The number of carbonyl (C=O) groups excluding carboxylic acids is 1. The average molecular weight is 317 g/mol. The van der Waals surface area contributed by atoms with E-state index in [9.17, 15) is 4.79 Å². The normalized spacial score (nSPS) is 21.5. The van der Waals surface area contributed by atoms with Crippen molar-refractivity contribution in [2.24, 2.45) is 0 Å². The minimum atomic E-state index is 0.116. The zero-order chi connectivity index (χ0) is 16.2. The fourth-order valence-corrected chi connectivity index (χ4v) is 2.91. The smallest absolute Gasteiger partial charge is 0.317 e. The predicted octanol–water partition coefficient (Wildman–Crippen LogP) is 2.29. The quantitative estimate of drug-likeness (QED) is 0.894. The Balaban J connectivity index is 1.50. The van der Waals surface area contributed by atoms with Crippen molar-refractivity contribution < 1.29 is 4.79 Å². The van der Waals surface area contributed by atoms with Gasteiger partial charge in [-0.3, -0.25) is 0 Å². The van der Waals surface area contributed by atoms with E-state index in [4.69, 9.17) is 0 Å². The maximum atomic E-state index is 12.1. The van der Waals surface area contributed by atoms with Gasteiger partial charge in [0.15, 0.2) is 0 Å². The molecular weight excluding hydrogens is 290 g/mol. The Morgan fingerprint density at radius 2 is 2.00 bits per heavy atom. The zero-order valence-electron chi connectivity index (χ0n) is 14.1. The maximum absolute atomic E-state index is 12.1. The lowest BCUT2D eigenvalue weighted by atomic mass is 10.1. The molecule has 2 heterocycles. The number of hydrogen-bond acceptors (Lipinski definition) is 4. The molecular formula is C17H27N5O. The minimum Gasteiger partial charge on any atom is -0.381 e. The van der Waals surface area contributed by atoms with Crippen LogP contribution in [-0.4, -0.2) is 55.2 Å². The van der Waals surface area contributed by atoms with E-state index in [1.807, 2.05) is 36.2 Å². The Hall–Kier alpha value is -1.98. The molecule has 1 aliphatic carbocycles. The summed E-state index contributed by atoms with van der Waals surface area (Å²) in [5.41, 5.74) is 1.05. The molecule has 126 valence electrons. The number of amides is 2. The van der Waals surface area contributed by atoms with Gasteiger partial charge in [0, 0.05) is 39.3 Å². The van der Waals surface area contributed by atoms with Crippen molar-refractivity contribution in [3.8, 4) is 0 Å². The van der Waals surface area contributed by atoms with E-state index in [1.54, 1.807) is 0 Å². The number of nitrogens with zero attached hydrogens (tertiary/aromatic N) is 3. The molecule has 6 nitrogen and oxygen atoms in total. The molecule has 23 heavy (non-hydrogen) atoms. The number of pyridine rings is 1. The van der Waals surface area contributed by atoms with E-state index in [-0.39, 0.29) is 6.03 Å². The van der Waals surface area contributed by atoms with Gasteiger partial charge in [-0.15, -0.1) is 0 Å². The highest BCUT2D eigenvalue weighted by molar-refractivity contribution is 5.74. The number of urea groups is 1. The van der Waals surface area contributed by atoms with Gasteiger partial charge in [0.2, 0.25) is 0 Å². The third-order valence-electron chi connectivity index (χ3n) is 4.50. The van der Waals surface area contributed by atoms with E-state index in [1.165, 1.54) is 0 Å². The third-order valence-corrected chi connectivity index (χ3v) is 4.50. The van der Waals surface area contributed by atoms with Crippen molar-refractivity contribution in [2.75, 3.05) is 37.4 Å². The monoisotopic (exact) mass is 317 g/mol. The summed E-state index contributed by atoms with van der Waals surface area (Å²) in [6, 6.07) is 5.05. The minimum absolute atomic E-state index is 0.116. The molecule has 2 N–H and O–H groups in total. The fraction of sp³-hybridized carbons (Fsp3) is 0.647. The molecule has 0 radical (unpaired) electrons. The Morgan fingerprint density at radius 3 is 2.65 bits per heavy atom. The summed E-state index contributed by atoms with van der Waals surface area (Å²) in [5, 5.41) is 6.64. The van der Waals surface area contributed by atoms with Crippen molar-refractivity contribution in [1.29, 1.82) is 0 Å². The molecule has 3 rings (SSSR count). The molecule has 1 atom stereocenters. The molecule has 0 spiro atoms. The first-order chi connectivity index (χ1) is 11.1. The number of aromatic nitrogens is 1. The summed E-state index contributed by atoms with van der Waals surface area (Å²) >= 11 is 0. The molecule has 6 heteroatoms. The van der Waals surface area contributed by atoms with Crippen LogP contribution in [0.4, 0.5) is 16.3 Å². The summed E-state index contributed by atoms with van der Waals surface area (Å²) in [5.74, 6) is 0.958. The largest absolute Gasteiger partial charge is 0.381 e. The van der Waals surface area contributed by atoms with Crippen LogP contribution in [-0.2, 0) is 0 Å². The van der Waals surface area contributed by atoms with Crippen LogP contribution in [0.2, 0.25) is 0 Å². The van der Waals surface area contributed by atoms with Crippen molar-refractivity contribution in [1.82, 2.24) is 15.2 Å². The third kappa shape index (κ3) is 4.50. The van der Waals surface area contributed by atoms with Crippen molar-refractivity contribution in [2.45, 2.75) is 44.2 Å². The van der Waals surface area contributed by atoms with E-state index in [0.29, 0.717) is 12.1 Å². The second-order valence-corrected chi connectivity index (χ2v) is 6.78. The van der Waals surface area contributed by atoms with Gasteiger partial charge < -0.3 is 20.4 Å². The van der Waals surface area contributed by atoms with Crippen LogP contribution in [0.1, 0.15) is 32.1 Å². The molecule has 2 aliphatic rings. The van der Waals surface area contributed by atoms with Crippen LogP contribution < -0.4 is 15.5 Å².